The number of hydrogen-bond donors (Lipinski definition) is 2. The van der Waals surface area contributed by atoms with E-state index in [1.54, 1.807) is 24.4 Å². The third-order valence-electron chi connectivity index (χ3n) is 3.58. The Kier molecular flexibility index (Phi) is 5.38. The summed E-state index contributed by atoms with van der Waals surface area (Å²) in [6, 6.07) is 7.29. The van der Waals surface area contributed by atoms with E-state index in [1.165, 1.54) is 18.3 Å². The standard InChI is InChI=1S/C16H17ClN2O3S/c1-3-16(2,15(21)22)19-13(20)8-12-9-23-14(18-12)10-4-6-11(17)7-5-10/h4-7,9H,3,8H2,1-2H3,(H,19,20)(H,21,22). The van der Waals surface area contributed by atoms with E-state index < -0.39 is 11.5 Å². The van der Waals surface area contributed by atoms with Crippen molar-refractivity contribution in [3.05, 3.63) is 40.4 Å². The first-order chi connectivity index (χ1) is 10.8. The van der Waals surface area contributed by atoms with Gasteiger partial charge in [-0.15, -0.1) is 11.3 Å². The van der Waals surface area contributed by atoms with Crippen molar-refractivity contribution in [1.29, 1.82) is 0 Å². The van der Waals surface area contributed by atoms with Gasteiger partial charge in [-0.25, -0.2) is 9.78 Å². The van der Waals surface area contributed by atoms with Crippen LogP contribution in [0.1, 0.15) is 26.0 Å². The van der Waals surface area contributed by atoms with Gasteiger partial charge in [0.2, 0.25) is 5.91 Å². The third-order valence-corrected chi connectivity index (χ3v) is 4.77. The smallest absolute Gasteiger partial charge is 0.329 e. The van der Waals surface area contributed by atoms with Crippen molar-refractivity contribution in [2.45, 2.75) is 32.2 Å². The molecule has 1 aromatic carbocycles. The maximum atomic E-state index is 12.1. The van der Waals surface area contributed by atoms with E-state index in [-0.39, 0.29) is 12.3 Å². The van der Waals surface area contributed by atoms with E-state index in [1.807, 2.05) is 12.1 Å². The fourth-order valence-electron chi connectivity index (χ4n) is 1.92. The van der Waals surface area contributed by atoms with Crippen LogP contribution >= 0.6 is 22.9 Å². The number of halogens is 1. The molecule has 0 saturated carbocycles. The fourth-order valence-corrected chi connectivity index (χ4v) is 2.87. The highest BCUT2D eigenvalue weighted by Gasteiger charge is 2.32. The lowest BCUT2D eigenvalue weighted by molar-refractivity contribution is -0.146. The Morgan fingerprint density at radius 2 is 2.00 bits per heavy atom. The van der Waals surface area contributed by atoms with Gasteiger partial charge in [0, 0.05) is 16.0 Å². The van der Waals surface area contributed by atoms with Crippen LogP contribution in [0.15, 0.2) is 29.6 Å². The molecule has 23 heavy (non-hydrogen) atoms. The van der Waals surface area contributed by atoms with Crippen molar-refractivity contribution >= 4 is 34.8 Å². The first-order valence-corrected chi connectivity index (χ1v) is 8.34. The zero-order valence-corrected chi connectivity index (χ0v) is 14.4. The molecule has 0 fully saturated rings. The molecule has 7 heteroatoms. The normalized spacial score (nSPS) is 13.3. The number of carboxylic acid groups (broad SMARTS) is 1. The number of rotatable bonds is 6. The van der Waals surface area contributed by atoms with Gasteiger partial charge in [-0.05, 0) is 25.5 Å². The molecule has 0 bridgehead atoms. The Bertz CT molecular complexity index is 714. The second-order valence-electron chi connectivity index (χ2n) is 5.37. The second-order valence-corrected chi connectivity index (χ2v) is 6.66. The lowest BCUT2D eigenvalue weighted by Gasteiger charge is -2.24. The molecule has 0 aliphatic rings. The molecule has 2 N–H and O–H groups in total. The second kappa shape index (κ2) is 7.10. The summed E-state index contributed by atoms with van der Waals surface area (Å²) in [4.78, 5) is 27.7. The molecule has 2 rings (SSSR count). The minimum atomic E-state index is -1.26. The fraction of sp³-hybridized carbons (Fsp3) is 0.312. The number of carboxylic acids is 1. The van der Waals surface area contributed by atoms with Gasteiger partial charge < -0.3 is 10.4 Å². The highest BCUT2D eigenvalue weighted by atomic mass is 35.5. The van der Waals surface area contributed by atoms with Crippen LogP contribution in [0.4, 0.5) is 0 Å². The highest BCUT2D eigenvalue weighted by molar-refractivity contribution is 7.13. The predicted octanol–water partition coefficient (Wildman–Crippen LogP) is 3.38. The molecule has 0 spiro atoms. The number of aliphatic carboxylic acids is 1. The first kappa shape index (κ1) is 17.4. The quantitative estimate of drug-likeness (QED) is 0.835. The van der Waals surface area contributed by atoms with Crippen LogP contribution in [0, 0.1) is 0 Å². The monoisotopic (exact) mass is 352 g/mol. The van der Waals surface area contributed by atoms with Crippen molar-refractivity contribution in [2.24, 2.45) is 0 Å². The van der Waals surface area contributed by atoms with E-state index in [4.69, 9.17) is 11.6 Å². The maximum Gasteiger partial charge on any atom is 0.329 e. The summed E-state index contributed by atoms with van der Waals surface area (Å²) in [6.45, 7) is 3.21. The van der Waals surface area contributed by atoms with Crippen LogP contribution < -0.4 is 5.32 Å². The Labute approximate surface area is 143 Å². The number of nitrogens with one attached hydrogen (secondary N) is 1. The van der Waals surface area contributed by atoms with Crippen LogP contribution in [0.3, 0.4) is 0 Å². The van der Waals surface area contributed by atoms with E-state index in [9.17, 15) is 14.7 Å². The molecule has 122 valence electrons. The van der Waals surface area contributed by atoms with Gasteiger partial charge in [0.25, 0.3) is 0 Å². The predicted molar refractivity (Wildman–Crippen MR) is 90.7 cm³/mol. The lowest BCUT2D eigenvalue weighted by atomic mass is 9.99. The molecule has 0 aliphatic carbocycles. The number of hydrogen-bond acceptors (Lipinski definition) is 4. The van der Waals surface area contributed by atoms with Gasteiger partial charge in [-0.3, -0.25) is 4.79 Å². The Morgan fingerprint density at radius 1 is 1.35 bits per heavy atom. The van der Waals surface area contributed by atoms with Gasteiger partial charge in [0.1, 0.15) is 10.5 Å². The molecular weight excluding hydrogens is 336 g/mol. The molecule has 2 aromatic rings. The van der Waals surface area contributed by atoms with Crippen molar-refractivity contribution in [1.82, 2.24) is 10.3 Å². The Balaban J connectivity index is 2.05. The molecule has 1 amide bonds. The van der Waals surface area contributed by atoms with Gasteiger partial charge in [0.05, 0.1) is 12.1 Å². The summed E-state index contributed by atoms with van der Waals surface area (Å²) in [5.74, 6) is -1.40. The number of nitrogens with zero attached hydrogens (tertiary/aromatic N) is 1. The largest absolute Gasteiger partial charge is 0.480 e. The summed E-state index contributed by atoms with van der Waals surface area (Å²) in [5, 5.41) is 15.0. The van der Waals surface area contributed by atoms with Gasteiger partial charge in [-0.2, -0.15) is 0 Å². The number of amides is 1. The van der Waals surface area contributed by atoms with Crippen LogP contribution in [-0.2, 0) is 16.0 Å². The average molecular weight is 353 g/mol. The molecule has 0 aliphatic heterocycles. The average Bonchev–Trinajstić information content (AvgIpc) is 2.95. The van der Waals surface area contributed by atoms with Crippen LogP contribution in [0.25, 0.3) is 10.6 Å². The van der Waals surface area contributed by atoms with Gasteiger partial charge in [0.15, 0.2) is 0 Å². The molecular formula is C16H17ClN2O3S. The molecule has 0 radical (unpaired) electrons. The van der Waals surface area contributed by atoms with E-state index in [0.29, 0.717) is 17.1 Å². The molecule has 1 unspecified atom stereocenters. The molecule has 0 saturated heterocycles. The SMILES string of the molecule is CCC(C)(NC(=O)Cc1csc(-c2ccc(Cl)cc2)n1)C(=O)O. The van der Waals surface area contributed by atoms with Crippen LogP contribution in [0.5, 0.6) is 0 Å². The lowest BCUT2D eigenvalue weighted by Crippen LogP contribution is -2.52. The summed E-state index contributed by atoms with van der Waals surface area (Å²) < 4.78 is 0. The number of aromatic nitrogens is 1. The van der Waals surface area contributed by atoms with Crippen molar-refractivity contribution in [2.75, 3.05) is 0 Å². The zero-order valence-electron chi connectivity index (χ0n) is 12.8. The Morgan fingerprint density at radius 3 is 2.57 bits per heavy atom. The molecule has 1 aromatic heterocycles. The van der Waals surface area contributed by atoms with Gasteiger partial charge in [-0.1, -0.05) is 30.7 Å². The summed E-state index contributed by atoms with van der Waals surface area (Å²) >= 11 is 7.29. The summed E-state index contributed by atoms with van der Waals surface area (Å²) in [5.41, 5.74) is 0.280. The van der Waals surface area contributed by atoms with E-state index in [2.05, 4.69) is 10.3 Å². The minimum absolute atomic E-state index is 0.0486. The van der Waals surface area contributed by atoms with E-state index in [0.717, 1.165) is 10.6 Å². The number of thiazole rings is 1. The zero-order chi connectivity index (χ0) is 17.0. The van der Waals surface area contributed by atoms with E-state index >= 15 is 0 Å². The molecule has 1 atom stereocenters. The topological polar surface area (TPSA) is 79.3 Å². The third kappa shape index (κ3) is 4.30. The molecule has 1 heterocycles. The van der Waals surface area contributed by atoms with Gasteiger partial charge >= 0.3 is 5.97 Å². The molecule has 5 nitrogen and oxygen atoms in total. The van der Waals surface area contributed by atoms with Crippen molar-refractivity contribution < 1.29 is 14.7 Å². The first-order valence-electron chi connectivity index (χ1n) is 7.09. The van der Waals surface area contributed by atoms with Crippen molar-refractivity contribution in [3.8, 4) is 10.6 Å². The minimum Gasteiger partial charge on any atom is -0.480 e. The highest BCUT2D eigenvalue weighted by Crippen LogP contribution is 2.25. The van der Waals surface area contributed by atoms with Crippen molar-refractivity contribution in [3.63, 3.8) is 0 Å². The Hall–Kier alpha value is -1.92. The number of carbonyl (C=O) groups excluding carboxylic acids is 1. The van der Waals surface area contributed by atoms with Crippen LogP contribution in [0.2, 0.25) is 5.02 Å². The van der Waals surface area contributed by atoms with Crippen LogP contribution in [-0.4, -0.2) is 27.5 Å². The summed E-state index contributed by atoms with van der Waals surface area (Å²) in [7, 11) is 0. The number of benzene rings is 1. The summed E-state index contributed by atoms with van der Waals surface area (Å²) in [6.07, 6.45) is 0.355. The number of carbonyl (C=O) groups is 2. The maximum absolute atomic E-state index is 12.1.